The fourth-order valence-corrected chi connectivity index (χ4v) is 4.71. The van der Waals surface area contributed by atoms with Gasteiger partial charge in [-0.2, -0.15) is 0 Å². The van der Waals surface area contributed by atoms with Gasteiger partial charge in [0.05, 0.1) is 22.2 Å². The highest BCUT2D eigenvalue weighted by Gasteiger charge is 2.14. The van der Waals surface area contributed by atoms with E-state index >= 15 is 0 Å². The van der Waals surface area contributed by atoms with Gasteiger partial charge < -0.3 is 4.98 Å². The van der Waals surface area contributed by atoms with Gasteiger partial charge in [-0.05, 0) is 35.6 Å². The molecule has 0 aliphatic rings. The number of hydrogen-bond donors (Lipinski definition) is 1. The maximum absolute atomic E-state index is 13.0. The van der Waals surface area contributed by atoms with Crippen LogP contribution in [0.5, 0.6) is 0 Å². The molecule has 4 rings (SSSR count). The predicted octanol–water partition coefficient (Wildman–Crippen LogP) is 4.30. The number of H-pyrrole nitrogens is 1. The molecule has 0 saturated carbocycles. The average molecular weight is 433 g/mol. The molecule has 0 aliphatic heterocycles. The Labute approximate surface area is 173 Å². The minimum atomic E-state index is -0.142. The summed E-state index contributed by atoms with van der Waals surface area (Å²) in [4.78, 5) is 37.2. The number of nitrogens with one attached hydrogen (secondary N) is 1. The van der Waals surface area contributed by atoms with Crippen LogP contribution in [-0.2, 0) is 12.3 Å². The van der Waals surface area contributed by atoms with Crippen molar-refractivity contribution in [2.75, 3.05) is 0 Å². The first-order chi connectivity index (χ1) is 13.4. The van der Waals surface area contributed by atoms with E-state index in [0.29, 0.717) is 49.4 Å². The lowest BCUT2D eigenvalue weighted by molar-refractivity contribution is 0.475. The summed E-state index contributed by atoms with van der Waals surface area (Å²) in [5, 5.41) is 3.46. The summed E-state index contributed by atoms with van der Waals surface area (Å²) in [5.41, 5.74) is 1.03. The van der Waals surface area contributed by atoms with Crippen molar-refractivity contribution in [3.8, 4) is 0 Å². The van der Waals surface area contributed by atoms with Gasteiger partial charge in [0.2, 0.25) is 0 Å². The highest BCUT2D eigenvalue weighted by atomic mass is 35.5. The Kier molecular flexibility index (Phi) is 5.27. The largest absolute Gasteiger partial charge is 0.309 e. The van der Waals surface area contributed by atoms with E-state index in [9.17, 15) is 9.59 Å². The first kappa shape index (κ1) is 19.2. The zero-order valence-electron chi connectivity index (χ0n) is 15.2. The van der Waals surface area contributed by atoms with Gasteiger partial charge in [-0.15, -0.1) is 11.3 Å². The molecule has 4 aromatic rings. The van der Waals surface area contributed by atoms with Crippen LogP contribution >= 0.6 is 34.7 Å². The SMILES string of the molecule is CC(C)Cn1c(SCc2nc3ccsc3c(=O)[nH]2)nc2ccc(Cl)cc2c1=O. The molecule has 3 heterocycles. The molecule has 144 valence electrons. The Morgan fingerprint density at radius 1 is 1.21 bits per heavy atom. The Morgan fingerprint density at radius 3 is 2.82 bits per heavy atom. The van der Waals surface area contributed by atoms with Crippen LogP contribution in [-0.4, -0.2) is 19.5 Å². The molecule has 0 aliphatic carbocycles. The van der Waals surface area contributed by atoms with Crippen LogP contribution in [0.1, 0.15) is 19.7 Å². The molecule has 0 saturated heterocycles. The number of aromatic amines is 1. The van der Waals surface area contributed by atoms with Crippen LogP contribution in [0.2, 0.25) is 5.02 Å². The fraction of sp³-hybridized carbons (Fsp3) is 0.263. The van der Waals surface area contributed by atoms with Crippen molar-refractivity contribution in [3.63, 3.8) is 0 Å². The van der Waals surface area contributed by atoms with Crippen molar-refractivity contribution < 1.29 is 0 Å². The molecule has 6 nitrogen and oxygen atoms in total. The van der Waals surface area contributed by atoms with Gasteiger partial charge >= 0.3 is 0 Å². The third kappa shape index (κ3) is 3.72. The van der Waals surface area contributed by atoms with E-state index in [4.69, 9.17) is 11.6 Å². The van der Waals surface area contributed by atoms with E-state index in [1.54, 1.807) is 22.8 Å². The van der Waals surface area contributed by atoms with Gasteiger partial charge in [-0.3, -0.25) is 14.2 Å². The molecule has 28 heavy (non-hydrogen) atoms. The molecule has 1 N–H and O–H groups in total. The maximum Gasteiger partial charge on any atom is 0.268 e. The summed E-state index contributed by atoms with van der Waals surface area (Å²) in [6.07, 6.45) is 0. The number of thioether (sulfide) groups is 1. The van der Waals surface area contributed by atoms with Crippen molar-refractivity contribution in [2.24, 2.45) is 5.92 Å². The maximum atomic E-state index is 13.0. The van der Waals surface area contributed by atoms with E-state index in [-0.39, 0.29) is 17.0 Å². The van der Waals surface area contributed by atoms with Crippen LogP contribution < -0.4 is 11.1 Å². The molecule has 9 heteroatoms. The summed E-state index contributed by atoms with van der Waals surface area (Å²) in [6.45, 7) is 4.64. The lowest BCUT2D eigenvalue weighted by Gasteiger charge is -2.15. The Morgan fingerprint density at radius 2 is 2.04 bits per heavy atom. The second kappa shape index (κ2) is 7.69. The van der Waals surface area contributed by atoms with Crippen molar-refractivity contribution >= 4 is 55.8 Å². The first-order valence-electron chi connectivity index (χ1n) is 8.71. The van der Waals surface area contributed by atoms with Crippen LogP contribution in [0.4, 0.5) is 0 Å². The smallest absolute Gasteiger partial charge is 0.268 e. The number of aromatic nitrogens is 4. The summed E-state index contributed by atoms with van der Waals surface area (Å²) in [7, 11) is 0. The molecule has 0 unspecified atom stereocenters. The zero-order chi connectivity index (χ0) is 19.8. The number of thiophene rings is 1. The van der Waals surface area contributed by atoms with Crippen molar-refractivity contribution in [1.29, 1.82) is 0 Å². The van der Waals surface area contributed by atoms with E-state index < -0.39 is 0 Å². The molecule has 0 spiro atoms. The number of rotatable bonds is 5. The van der Waals surface area contributed by atoms with Crippen LogP contribution in [0, 0.1) is 5.92 Å². The molecule has 3 aromatic heterocycles. The number of benzene rings is 1. The quantitative estimate of drug-likeness (QED) is 0.375. The highest BCUT2D eigenvalue weighted by Crippen LogP contribution is 2.24. The molecule has 0 radical (unpaired) electrons. The van der Waals surface area contributed by atoms with Gasteiger partial charge in [-0.25, -0.2) is 9.97 Å². The van der Waals surface area contributed by atoms with Gasteiger partial charge in [0.15, 0.2) is 5.16 Å². The lowest BCUT2D eigenvalue weighted by Crippen LogP contribution is -2.25. The lowest BCUT2D eigenvalue weighted by atomic mass is 10.2. The standard InChI is InChI=1S/C19H17ClN4O2S2/c1-10(2)8-24-18(26)12-7-11(20)3-4-13(12)22-19(24)28-9-15-21-14-5-6-27-16(14)17(25)23-15/h3-7,10H,8-9H2,1-2H3,(H,21,23,25). The zero-order valence-corrected chi connectivity index (χ0v) is 17.6. The molecule has 0 bridgehead atoms. The third-order valence-electron chi connectivity index (χ3n) is 4.13. The fourth-order valence-electron chi connectivity index (χ4n) is 2.93. The normalized spacial score (nSPS) is 11.7. The second-order valence-corrected chi connectivity index (χ2v) is 9.10. The van der Waals surface area contributed by atoms with Gasteiger partial charge in [0.1, 0.15) is 10.5 Å². The molecule has 0 amide bonds. The van der Waals surface area contributed by atoms with Crippen LogP contribution in [0.25, 0.3) is 21.1 Å². The third-order valence-corrected chi connectivity index (χ3v) is 6.26. The number of nitrogens with zero attached hydrogens (tertiary/aromatic N) is 3. The minimum Gasteiger partial charge on any atom is -0.309 e. The van der Waals surface area contributed by atoms with E-state index in [0.717, 1.165) is 0 Å². The molecule has 1 aromatic carbocycles. The van der Waals surface area contributed by atoms with Crippen molar-refractivity contribution in [2.45, 2.75) is 31.3 Å². The number of fused-ring (bicyclic) bond motifs is 2. The minimum absolute atomic E-state index is 0.113. The van der Waals surface area contributed by atoms with Crippen molar-refractivity contribution in [3.05, 3.63) is 61.2 Å². The van der Waals surface area contributed by atoms with Crippen LogP contribution in [0.15, 0.2) is 44.4 Å². The van der Waals surface area contributed by atoms with Crippen molar-refractivity contribution in [1.82, 2.24) is 19.5 Å². The Balaban J connectivity index is 1.74. The Bertz CT molecular complexity index is 1290. The topological polar surface area (TPSA) is 80.6 Å². The van der Waals surface area contributed by atoms with Gasteiger partial charge in [0.25, 0.3) is 11.1 Å². The van der Waals surface area contributed by atoms with E-state index in [1.807, 2.05) is 25.3 Å². The number of hydrogen-bond acceptors (Lipinski definition) is 6. The summed E-state index contributed by atoms with van der Waals surface area (Å²) < 4.78 is 2.29. The van der Waals surface area contributed by atoms with Gasteiger partial charge in [-0.1, -0.05) is 37.2 Å². The van der Waals surface area contributed by atoms with Crippen LogP contribution in [0.3, 0.4) is 0 Å². The van der Waals surface area contributed by atoms with E-state index in [1.165, 1.54) is 23.1 Å². The predicted molar refractivity (Wildman–Crippen MR) is 116 cm³/mol. The monoisotopic (exact) mass is 432 g/mol. The summed E-state index contributed by atoms with van der Waals surface area (Å²) >= 11 is 8.81. The van der Waals surface area contributed by atoms with Gasteiger partial charge in [0, 0.05) is 11.6 Å². The second-order valence-electron chi connectivity index (χ2n) is 6.80. The highest BCUT2D eigenvalue weighted by molar-refractivity contribution is 7.98. The van der Waals surface area contributed by atoms with E-state index in [2.05, 4.69) is 15.0 Å². The average Bonchev–Trinajstić information content (AvgIpc) is 3.12. The summed E-state index contributed by atoms with van der Waals surface area (Å²) in [6, 6.07) is 6.96. The molecule has 0 atom stereocenters. The summed E-state index contributed by atoms with van der Waals surface area (Å²) in [5.74, 6) is 1.24. The number of halogens is 1. The molecule has 0 fully saturated rings. The molecular weight excluding hydrogens is 416 g/mol. The Hall–Kier alpha value is -2.16. The first-order valence-corrected chi connectivity index (χ1v) is 11.0. The molecular formula is C19H17ClN4O2S2.